The molecule has 2 aromatic heterocycles. The average molecular weight is 383 g/mol. The summed E-state index contributed by atoms with van der Waals surface area (Å²) < 4.78 is 0. The first-order chi connectivity index (χ1) is 12.7. The summed E-state index contributed by atoms with van der Waals surface area (Å²) in [6, 6.07) is 9.85. The number of rotatable bonds is 6. The van der Waals surface area contributed by atoms with E-state index in [4.69, 9.17) is 0 Å². The van der Waals surface area contributed by atoms with Crippen LogP contribution in [0, 0.1) is 0 Å². The lowest BCUT2D eigenvalue weighted by atomic mass is 10.1. The Labute approximate surface area is 159 Å². The Bertz CT molecular complexity index is 948. The summed E-state index contributed by atoms with van der Waals surface area (Å²) in [5.74, 6) is 0.0782. The van der Waals surface area contributed by atoms with E-state index in [2.05, 4.69) is 15.6 Å². The van der Waals surface area contributed by atoms with E-state index in [0.717, 1.165) is 32.4 Å². The molecule has 1 aliphatic heterocycles. The van der Waals surface area contributed by atoms with Crippen molar-refractivity contribution in [3.8, 4) is 11.3 Å². The van der Waals surface area contributed by atoms with E-state index in [1.165, 1.54) is 0 Å². The van der Waals surface area contributed by atoms with Crippen LogP contribution in [0.25, 0.3) is 11.3 Å². The normalized spacial score (nSPS) is 12.7. The summed E-state index contributed by atoms with van der Waals surface area (Å²) in [4.78, 5) is 29.1. The van der Waals surface area contributed by atoms with Crippen molar-refractivity contribution < 1.29 is 9.59 Å². The van der Waals surface area contributed by atoms with Crippen LogP contribution in [-0.2, 0) is 28.9 Å². The number of nitrogens with zero attached hydrogens (tertiary/aromatic N) is 1. The van der Waals surface area contributed by atoms with Crippen LogP contribution in [0.2, 0.25) is 0 Å². The van der Waals surface area contributed by atoms with Crippen molar-refractivity contribution in [2.75, 3.05) is 11.9 Å². The number of benzene rings is 1. The second-order valence-corrected chi connectivity index (χ2v) is 8.05. The minimum Gasteiger partial charge on any atom is -0.355 e. The molecule has 3 heterocycles. The van der Waals surface area contributed by atoms with Gasteiger partial charge in [-0.3, -0.25) is 9.59 Å². The van der Waals surface area contributed by atoms with Gasteiger partial charge in [-0.15, -0.1) is 22.7 Å². The van der Waals surface area contributed by atoms with Crippen molar-refractivity contribution >= 4 is 40.2 Å². The number of amides is 2. The van der Waals surface area contributed by atoms with Gasteiger partial charge in [-0.25, -0.2) is 4.98 Å². The molecule has 4 rings (SSSR count). The van der Waals surface area contributed by atoms with Gasteiger partial charge in [0, 0.05) is 34.5 Å². The zero-order valence-electron chi connectivity index (χ0n) is 14.0. The predicted molar refractivity (Wildman–Crippen MR) is 105 cm³/mol. The molecule has 0 atom stereocenters. The number of hydrogen-bond acceptors (Lipinski definition) is 5. The molecule has 7 heteroatoms. The maximum Gasteiger partial charge on any atom is 0.228 e. The highest BCUT2D eigenvalue weighted by atomic mass is 32.1. The van der Waals surface area contributed by atoms with Gasteiger partial charge in [0.05, 0.1) is 23.5 Å². The van der Waals surface area contributed by atoms with Crippen molar-refractivity contribution in [3.63, 3.8) is 0 Å². The molecule has 0 fully saturated rings. The number of hydrogen-bond donors (Lipinski definition) is 2. The van der Waals surface area contributed by atoms with Gasteiger partial charge < -0.3 is 10.6 Å². The third-order valence-corrected chi connectivity index (χ3v) is 5.94. The predicted octanol–water partition coefficient (Wildman–Crippen LogP) is 3.27. The highest BCUT2D eigenvalue weighted by molar-refractivity contribution is 7.10. The average Bonchev–Trinajstić information content (AvgIpc) is 3.34. The Morgan fingerprint density at radius 1 is 1.27 bits per heavy atom. The molecule has 2 amide bonds. The molecule has 0 unspecified atom stereocenters. The number of aromatic nitrogens is 1. The lowest BCUT2D eigenvalue weighted by Crippen LogP contribution is -2.26. The summed E-state index contributed by atoms with van der Waals surface area (Å²) in [6.07, 6.45) is 1.57. The van der Waals surface area contributed by atoms with Crippen LogP contribution in [-0.4, -0.2) is 23.3 Å². The van der Waals surface area contributed by atoms with E-state index in [1.807, 2.05) is 41.1 Å². The second-order valence-electron chi connectivity index (χ2n) is 6.08. The molecular weight excluding hydrogens is 366 g/mol. The number of nitrogens with one attached hydrogen (secondary N) is 2. The maximum absolute atomic E-state index is 11.9. The topological polar surface area (TPSA) is 71.1 Å². The molecule has 2 N–H and O–H groups in total. The van der Waals surface area contributed by atoms with E-state index in [-0.39, 0.29) is 11.8 Å². The molecular formula is C19H17N3O2S2. The molecule has 0 radical (unpaired) electrons. The van der Waals surface area contributed by atoms with Gasteiger partial charge in [0.25, 0.3) is 0 Å². The van der Waals surface area contributed by atoms with Crippen molar-refractivity contribution in [3.05, 3.63) is 56.5 Å². The van der Waals surface area contributed by atoms with Crippen molar-refractivity contribution in [2.45, 2.75) is 19.3 Å². The van der Waals surface area contributed by atoms with Crippen LogP contribution < -0.4 is 10.6 Å². The molecule has 0 aliphatic carbocycles. The van der Waals surface area contributed by atoms with Gasteiger partial charge in [0.2, 0.25) is 11.8 Å². The molecule has 0 spiro atoms. The number of thiophene rings is 1. The lowest BCUT2D eigenvalue weighted by molar-refractivity contribution is -0.120. The standard InChI is InChI=1S/C19H17N3O2S2/c23-17(10-14-2-1-7-25-14)20-6-5-19-22-16(11-26-19)12-3-4-15-13(8-12)9-18(24)21-15/h1-4,7-8,11H,5-6,9-10H2,(H,20,23)(H,21,24). The molecule has 26 heavy (non-hydrogen) atoms. The number of carbonyl (C=O) groups is 2. The summed E-state index contributed by atoms with van der Waals surface area (Å²) in [5.41, 5.74) is 3.84. The van der Waals surface area contributed by atoms with Crippen molar-refractivity contribution in [1.82, 2.24) is 10.3 Å². The third-order valence-electron chi connectivity index (χ3n) is 4.15. The van der Waals surface area contributed by atoms with Gasteiger partial charge in [-0.05, 0) is 29.1 Å². The van der Waals surface area contributed by atoms with E-state index in [0.29, 0.717) is 25.8 Å². The largest absolute Gasteiger partial charge is 0.355 e. The Balaban J connectivity index is 1.33. The summed E-state index contributed by atoms with van der Waals surface area (Å²) in [7, 11) is 0. The summed E-state index contributed by atoms with van der Waals surface area (Å²) in [5, 5.41) is 10.8. The van der Waals surface area contributed by atoms with E-state index >= 15 is 0 Å². The first-order valence-electron chi connectivity index (χ1n) is 8.34. The van der Waals surface area contributed by atoms with Gasteiger partial charge in [-0.2, -0.15) is 0 Å². The molecule has 0 bridgehead atoms. The molecule has 0 saturated heterocycles. The van der Waals surface area contributed by atoms with Gasteiger partial charge in [0.15, 0.2) is 0 Å². The van der Waals surface area contributed by atoms with Gasteiger partial charge >= 0.3 is 0 Å². The van der Waals surface area contributed by atoms with Crippen molar-refractivity contribution in [1.29, 1.82) is 0 Å². The fraction of sp³-hybridized carbons (Fsp3) is 0.211. The third kappa shape index (κ3) is 3.84. The monoisotopic (exact) mass is 383 g/mol. The van der Waals surface area contributed by atoms with Crippen LogP contribution in [0.1, 0.15) is 15.4 Å². The second kappa shape index (κ2) is 7.39. The number of thiazole rings is 1. The zero-order valence-corrected chi connectivity index (χ0v) is 15.6. The van der Waals surface area contributed by atoms with Crippen LogP contribution in [0.5, 0.6) is 0 Å². The minimum absolute atomic E-state index is 0.0365. The maximum atomic E-state index is 11.9. The molecule has 1 aliphatic rings. The smallest absolute Gasteiger partial charge is 0.228 e. The SMILES string of the molecule is O=C(Cc1cccs1)NCCc1nc(-c2ccc3c(c2)CC(=O)N3)cs1. The van der Waals surface area contributed by atoms with Crippen LogP contribution in [0.15, 0.2) is 41.1 Å². The highest BCUT2D eigenvalue weighted by Gasteiger charge is 2.18. The van der Waals surface area contributed by atoms with Crippen LogP contribution in [0.3, 0.4) is 0 Å². The molecule has 132 valence electrons. The Morgan fingerprint density at radius 3 is 3.04 bits per heavy atom. The Hall–Kier alpha value is -2.51. The Morgan fingerprint density at radius 2 is 2.19 bits per heavy atom. The number of anilines is 1. The zero-order chi connectivity index (χ0) is 17.9. The minimum atomic E-state index is 0.0365. The first-order valence-corrected chi connectivity index (χ1v) is 10.1. The molecule has 3 aromatic rings. The lowest BCUT2D eigenvalue weighted by Gasteiger charge is -2.03. The van der Waals surface area contributed by atoms with Gasteiger partial charge in [0.1, 0.15) is 0 Å². The number of fused-ring (bicyclic) bond motifs is 1. The molecule has 0 saturated carbocycles. The molecule has 5 nitrogen and oxygen atoms in total. The van der Waals surface area contributed by atoms with E-state index < -0.39 is 0 Å². The quantitative estimate of drug-likeness (QED) is 0.686. The summed E-state index contributed by atoms with van der Waals surface area (Å²) in [6.45, 7) is 0.583. The van der Waals surface area contributed by atoms with Crippen LogP contribution >= 0.6 is 22.7 Å². The fourth-order valence-electron chi connectivity index (χ4n) is 2.89. The fourth-order valence-corrected chi connectivity index (χ4v) is 4.40. The van der Waals surface area contributed by atoms with Gasteiger partial charge in [-0.1, -0.05) is 12.1 Å². The van der Waals surface area contributed by atoms with E-state index in [1.54, 1.807) is 22.7 Å². The van der Waals surface area contributed by atoms with Crippen molar-refractivity contribution in [2.24, 2.45) is 0 Å². The number of carbonyl (C=O) groups excluding carboxylic acids is 2. The Kier molecular flexibility index (Phi) is 4.81. The highest BCUT2D eigenvalue weighted by Crippen LogP contribution is 2.29. The molecule has 1 aromatic carbocycles. The summed E-state index contributed by atoms with van der Waals surface area (Å²) >= 11 is 3.19. The first kappa shape index (κ1) is 16.9. The van der Waals surface area contributed by atoms with E-state index in [9.17, 15) is 9.59 Å². The van der Waals surface area contributed by atoms with Crippen LogP contribution in [0.4, 0.5) is 5.69 Å².